The third kappa shape index (κ3) is 2.48. The number of hydrogen-bond donors (Lipinski definition) is 0. The van der Waals surface area contributed by atoms with E-state index in [1.807, 2.05) is 0 Å². The zero-order valence-electron chi connectivity index (χ0n) is 9.88. The van der Waals surface area contributed by atoms with Crippen molar-refractivity contribution in [2.45, 2.75) is 11.3 Å². The predicted molar refractivity (Wildman–Crippen MR) is 73.3 cm³/mol. The molecular formula is C12H10FN3OS2. The maximum Gasteiger partial charge on any atom is 0.279 e. The van der Waals surface area contributed by atoms with Gasteiger partial charge in [0.05, 0.1) is 23.6 Å². The lowest BCUT2D eigenvalue weighted by Gasteiger charge is -2.21. The third-order valence-electron chi connectivity index (χ3n) is 2.82. The van der Waals surface area contributed by atoms with Crippen molar-refractivity contribution in [3.8, 4) is 0 Å². The van der Waals surface area contributed by atoms with E-state index in [-0.39, 0.29) is 11.7 Å². The normalized spacial score (nSPS) is 14.9. The SMILES string of the molecule is O=C(c1cnsn1)N1CCCSc2ccc(F)cc21. The smallest absolute Gasteiger partial charge is 0.279 e. The van der Waals surface area contributed by atoms with Gasteiger partial charge in [0.25, 0.3) is 5.91 Å². The van der Waals surface area contributed by atoms with Crippen molar-refractivity contribution in [3.05, 3.63) is 35.9 Å². The predicted octanol–water partition coefficient (Wildman–Crippen LogP) is 2.82. The van der Waals surface area contributed by atoms with Crippen molar-refractivity contribution >= 4 is 35.1 Å². The molecular weight excluding hydrogens is 285 g/mol. The Balaban J connectivity index is 2.02. The molecule has 1 aromatic carbocycles. The van der Waals surface area contributed by atoms with Gasteiger partial charge in [0.1, 0.15) is 5.82 Å². The number of carbonyl (C=O) groups is 1. The van der Waals surface area contributed by atoms with Gasteiger partial charge in [0.15, 0.2) is 5.69 Å². The summed E-state index contributed by atoms with van der Waals surface area (Å²) in [5.74, 6) is 0.358. The van der Waals surface area contributed by atoms with Crippen molar-refractivity contribution in [3.63, 3.8) is 0 Å². The summed E-state index contributed by atoms with van der Waals surface area (Å²) >= 11 is 2.64. The van der Waals surface area contributed by atoms with E-state index in [4.69, 9.17) is 0 Å². The molecule has 19 heavy (non-hydrogen) atoms. The van der Waals surface area contributed by atoms with Crippen molar-refractivity contribution in [1.82, 2.24) is 8.75 Å². The van der Waals surface area contributed by atoms with Crippen LogP contribution in [0, 0.1) is 5.82 Å². The summed E-state index contributed by atoms with van der Waals surface area (Å²) in [5.41, 5.74) is 0.938. The zero-order valence-corrected chi connectivity index (χ0v) is 11.5. The van der Waals surface area contributed by atoms with Crippen molar-refractivity contribution < 1.29 is 9.18 Å². The highest BCUT2D eigenvalue weighted by molar-refractivity contribution is 7.99. The summed E-state index contributed by atoms with van der Waals surface area (Å²) in [6.07, 6.45) is 2.31. The summed E-state index contributed by atoms with van der Waals surface area (Å²) in [7, 11) is 0. The van der Waals surface area contributed by atoms with Crippen molar-refractivity contribution in [2.75, 3.05) is 17.2 Å². The molecule has 2 aromatic rings. The molecule has 7 heteroatoms. The van der Waals surface area contributed by atoms with Crippen LogP contribution in [0.2, 0.25) is 0 Å². The highest BCUT2D eigenvalue weighted by atomic mass is 32.2. The lowest BCUT2D eigenvalue weighted by Crippen LogP contribution is -2.32. The maximum atomic E-state index is 13.4. The number of amides is 1. The van der Waals surface area contributed by atoms with Crippen LogP contribution in [0.15, 0.2) is 29.3 Å². The van der Waals surface area contributed by atoms with Crippen LogP contribution in [0.5, 0.6) is 0 Å². The van der Waals surface area contributed by atoms with E-state index in [9.17, 15) is 9.18 Å². The molecule has 98 valence electrons. The van der Waals surface area contributed by atoms with Crippen LogP contribution in [0.25, 0.3) is 0 Å². The Morgan fingerprint density at radius 1 is 1.42 bits per heavy atom. The number of carbonyl (C=O) groups excluding carboxylic acids is 1. The first-order valence-electron chi connectivity index (χ1n) is 5.77. The average molecular weight is 295 g/mol. The van der Waals surface area contributed by atoms with E-state index in [1.165, 1.54) is 18.3 Å². The summed E-state index contributed by atoms with van der Waals surface area (Å²) in [6, 6.07) is 4.55. The Hall–Kier alpha value is -1.47. The van der Waals surface area contributed by atoms with E-state index in [0.717, 1.165) is 28.8 Å². The number of aromatic nitrogens is 2. The highest BCUT2D eigenvalue weighted by Crippen LogP contribution is 2.34. The fraction of sp³-hybridized carbons (Fsp3) is 0.250. The Kier molecular flexibility index (Phi) is 3.48. The minimum absolute atomic E-state index is 0.219. The van der Waals surface area contributed by atoms with Gasteiger partial charge in [-0.05, 0) is 30.4 Å². The quantitative estimate of drug-likeness (QED) is 0.811. The Bertz CT molecular complexity index is 603. The Labute approximate surface area is 118 Å². The maximum absolute atomic E-state index is 13.4. The van der Waals surface area contributed by atoms with Crippen LogP contribution in [0.1, 0.15) is 16.9 Å². The molecule has 1 aliphatic rings. The van der Waals surface area contributed by atoms with Gasteiger partial charge in [0, 0.05) is 11.4 Å². The summed E-state index contributed by atoms with van der Waals surface area (Å²) in [6.45, 7) is 0.569. The molecule has 0 fully saturated rings. The first kappa shape index (κ1) is 12.6. The number of nitrogens with zero attached hydrogens (tertiary/aromatic N) is 3. The Morgan fingerprint density at radius 3 is 3.11 bits per heavy atom. The van der Waals surface area contributed by atoms with Gasteiger partial charge in [-0.15, -0.1) is 11.8 Å². The molecule has 0 spiro atoms. The molecule has 0 atom stereocenters. The molecule has 2 heterocycles. The molecule has 1 aromatic heterocycles. The van der Waals surface area contributed by atoms with E-state index in [1.54, 1.807) is 22.7 Å². The van der Waals surface area contributed by atoms with E-state index < -0.39 is 0 Å². The Morgan fingerprint density at radius 2 is 2.32 bits per heavy atom. The van der Waals surface area contributed by atoms with Gasteiger partial charge in [0.2, 0.25) is 0 Å². The monoisotopic (exact) mass is 295 g/mol. The van der Waals surface area contributed by atoms with E-state index in [2.05, 4.69) is 8.75 Å². The number of halogens is 1. The van der Waals surface area contributed by atoms with Crippen LogP contribution in [-0.2, 0) is 0 Å². The third-order valence-corrected chi connectivity index (χ3v) is 4.45. The van der Waals surface area contributed by atoms with Gasteiger partial charge in [-0.25, -0.2) is 4.39 Å². The van der Waals surface area contributed by atoms with E-state index >= 15 is 0 Å². The van der Waals surface area contributed by atoms with E-state index in [0.29, 0.717) is 17.9 Å². The molecule has 1 aliphatic heterocycles. The van der Waals surface area contributed by atoms with Gasteiger partial charge >= 0.3 is 0 Å². The minimum Gasteiger partial charge on any atom is -0.306 e. The molecule has 0 bridgehead atoms. The summed E-state index contributed by atoms with van der Waals surface area (Å²) in [4.78, 5) is 14.9. The largest absolute Gasteiger partial charge is 0.306 e. The molecule has 0 N–H and O–H groups in total. The minimum atomic E-state index is -0.338. The molecule has 0 saturated carbocycles. The van der Waals surface area contributed by atoms with Crippen LogP contribution in [-0.4, -0.2) is 27.0 Å². The highest BCUT2D eigenvalue weighted by Gasteiger charge is 2.24. The van der Waals surface area contributed by atoms with Crippen LogP contribution < -0.4 is 4.90 Å². The molecule has 0 radical (unpaired) electrons. The summed E-state index contributed by atoms with van der Waals surface area (Å²) in [5, 5.41) is 0. The van der Waals surface area contributed by atoms with Crippen LogP contribution >= 0.6 is 23.5 Å². The molecule has 4 nitrogen and oxygen atoms in total. The second-order valence-corrected chi connectivity index (χ2v) is 5.76. The number of thioether (sulfide) groups is 1. The fourth-order valence-electron chi connectivity index (χ4n) is 1.96. The van der Waals surface area contributed by atoms with Crippen LogP contribution in [0.3, 0.4) is 0 Å². The second kappa shape index (κ2) is 5.26. The second-order valence-electron chi connectivity index (χ2n) is 4.06. The molecule has 0 unspecified atom stereocenters. The fourth-order valence-corrected chi connectivity index (χ4v) is 3.34. The number of benzene rings is 1. The van der Waals surface area contributed by atoms with Gasteiger partial charge < -0.3 is 4.90 Å². The molecule has 0 aliphatic carbocycles. The molecule has 3 rings (SSSR count). The number of rotatable bonds is 1. The lowest BCUT2D eigenvalue weighted by atomic mass is 10.2. The standard InChI is InChI=1S/C12H10FN3OS2/c13-8-2-3-11-10(6-8)16(4-1-5-18-11)12(17)9-7-14-19-15-9/h2-3,6-7H,1,4-5H2. The first-order valence-corrected chi connectivity index (χ1v) is 7.49. The number of hydrogen-bond acceptors (Lipinski definition) is 5. The topological polar surface area (TPSA) is 46.1 Å². The van der Waals surface area contributed by atoms with Crippen molar-refractivity contribution in [1.29, 1.82) is 0 Å². The van der Waals surface area contributed by atoms with Crippen LogP contribution in [0.4, 0.5) is 10.1 Å². The zero-order chi connectivity index (χ0) is 13.2. The van der Waals surface area contributed by atoms with Crippen molar-refractivity contribution in [2.24, 2.45) is 0 Å². The number of anilines is 1. The molecule has 0 saturated heterocycles. The first-order chi connectivity index (χ1) is 9.25. The van der Waals surface area contributed by atoms with Gasteiger partial charge in [-0.3, -0.25) is 4.79 Å². The summed E-state index contributed by atoms with van der Waals surface area (Å²) < 4.78 is 21.2. The number of fused-ring (bicyclic) bond motifs is 1. The lowest BCUT2D eigenvalue weighted by molar-refractivity contribution is 0.0983. The molecule has 1 amide bonds. The van der Waals surface area contributed by atoms with Gasteiger partial charge in [-0.1, -0.05) is 0 Å². The van der Waals surface area contributed by atoms with Gasteiger partial charge in [-0.2, -0.15) is 8.75 Å². The average Bonchev–Trinajstić information content (AvgIpc) is 2.86.